The third-order valence-corrected chi connectivity index (χ3v) is 2.92. The lowest BCUT2D eigenvalue weighted by Crippen LogP contribution is -2.36. The van der Waals surface area contributed by atoms with Gasteiger partial charge in [0, 0.05) is 11.6 Å². The summed E-state index contributed by atoms with van der Waals surface area (Å²) in [5, 5.41) is 3.06. The van der Waals surface area contributed by atoms with E-state index in [4.69, 9.17) is 4.74 Å². The summed E-state index contributed by atoms with van der Waals surface area (Å²) in [6, 6.07) is 5.69. The van der Waals surface area contributed by atoms with Crippen LogP contribution in [0, 0.1) is 11.7 Å². The zero-order valence-corrected chi connectivity index (χ0v) is 9.07. The highest BCUT2D eigenvalue weighted by Gasteiger charge is 2.33. The molecule has 0 aliphatic carbocycles. The number of hydrogen-bond donors (Lipinski definition) is 1. The first-order valence-electron chi connectivity index (χ1n) is 5.27. The molecule has 1 aromatic carbocycles. The zero-order chi connectivity index (χ0) is 11.5. The summed E-state index contributed by atoms with van der Waals surface area (Å²) in [6.07, 6.45) is 0. The second kappa shape index (κ2) is 4.72. The summed E-state index contributed by atoms with van der Waals surface area (Å²) < 4.78 is 18.0. The molecule has 0 bridgehead atoms. The van der Waals surface area contributed by atoms with Gasteiger partial charge >= 0.3 is 0 Å². The van der Waals surface area contributed by atoms with Crippen molar-refractivity contribution >= 4 is 5.78 Å². The van der Waals surface area contributed by atoms with Crippen molar-refractivity contribution in [3.63, 3.8) is 0 Å². The van der Waals surface area contributed by atoms with Gasteiger partial charge in [0.15, 0.2) is 5.78 Å². The van der Waals surface area contributed by atoms with Crippen molar-refractivity contribution in [3.8, 4) is 0 Å². The van der Waals surface area contributed by atoms with Crippen LogP contribution in [0.3, 0.4) is 0 Å². The largest absolute Gasteiger partial charge is 0.379 e. The van der Waals surface area contributed by atoms with Crippen molar-refractivity contribution in [2.75, 3.05) is 20.3 Å². The molecule has 1 saturated heterocycles. The van der Waals surface area contributed by atoms with Gasteiger partial charge in [-0.1, -0.05) is 0 Å². The lowest BCUT2D eigenvalue weighted by molar-refractivity contribution is 0.0892. The van der Waals surface area contributed by atoms with Gasteiger partial charge in [-0.3, -0.25) is 4.79 Å². The molecule has 2 unspecified atom stereocenters. The maximum atomic E-state index is 12.7. The van der Waals surface area contributed by atoms with Gasteiger partial charge in [-0.15, -0.1) is 0 Å². The number of carbonyl (C=O) groups excluding carboxylic acids is 1. The normalized spacial score (nSPS) is 24.6. The lowest BCUT2D eigenvalue weighted by atomic mass is 9.93. The molecule has 0 aromatic heterocycles. The average molecular weight is 223 g/mol. The van der Waals surface area contributed by atoms with Crippen LogP contribution in [0.25, 0.3) is 0 Å². The number of ketones is 1. The first-order valence-corrected chi connectivity index (χ1v) is 5.27. The minimum absolute atomic E-state index is 0.0110. The van der Waals surface area contributed by atoms with Gasteiger partial charge in [0.05, 0.1) is 19.1 Å². The fraction of sp³-hybridized carbons (Fsp3) is 0.417. The van der Waals surface area contributed by atoms with E-state index >= 15 is 0 Å². The van der Waals surface area contributed by atoms with Crippen molar-refractivity contribution in [2.45, 2.75) is 6.04 Å². The number of halogens is 1. The summed E-state index contributed by atoms with van der Waals surface area (Å²) in [7, 11) is 1.81. The van der Waals surface area contributed by atoms with Crippen LogP contribution in [0.15, 0.2) is 24.3 Å². The molecule has 1 fully saturated rings. The van der Waals surface area contributed by atoms with E-state index in [0.717, 1.165) is 0 Å². The summed E-state index contributed by atoms with van der Waals surface area (Å²) in [5.41, 5.74) is 0.539. The van der Waals surface area contributed by atoms with Crippen LogP contribution in [-0.4, -0.2) is 32.1 Å². The second-order valence-electron chi connectivity index (χ2n) is 3.91. The van der Waals surface area contributed by atoms with E-state index in [1.54, 1.807) is 0 Å². The predicted octanol–water partition coefficient (Wildman–Crippen LogP) is 1.24. The highest BCUT2D eigenvalue weighted by molar-refractivity contribution is 5.98. The van der Waals surface area contributed by atoms with E-state index in [1.807, 2.05) is 7.05 Å². The summed E-state index contributed by atoms with van der Waals surface area (Å²) >= 11 is 0. The van der Waals surface area contributed by atoms with E-state index < -0.39 is 0 Å². The van der Waals surface area contributed by atoms with Gasteiger partial charge in [-0.2, -0.15) is 0 Å². The van der Waals surface area contributed by atoms with E-state index in [9.17, 15) is 9.18 Å². The Morgan fingerprint density at radius 3 is 2.69 bits per heavy atom. The minimum atomic E-state index is -0.329. The molecule has 1 heterocycles. The minimum Gasteiger partial charge on any atom is -0.379 e. The van der Waals surface area contributed by atoms with Crippen molar-refractivity contribution in [1.82, 2.24) is 5.32 Å². The molecule has 3 nitrogen and oxygen atoms in total. The van der Waals surface area contributed by atoms with Crippen LogP contribution in [0.5, 0.6) is 0 Å². The van der Waals surface area contributed by atoms with Crippen LogP contribution in [0.1, 0.15) is 10.4 Å². The second-order valence-corrected chi connectivity index (χ2v) is 3.91. The summed E-state index contributed by atoms with van der Waals surface area (Å²) in [6.45, 7) is 0.982. The maximum absolute atomic E-state index is 12.7. The van der Waals surface area contributed by atoms with Crippen LogP contribution in [-0.2, 0) is 4.74 Å². The predicted molar refractivity (Wildman–Crippen MR) is 57.9 cm³/mol. The van der Waals surface area contributed by atoms with Gasteiger partial charge < -0.3 is 10.1 Å². The van der Waals surface area contributed by atoms with Crippen molar-refractivity contribution in [3.05, 3.63) is 35.6 Å². The third kappa shape index (κ3) is 2.13. The first kappa shape index (κ1) is 11.2. The quantitative estimate of drug-likeness (QED) is 0.783. The number of benzene rings is 1. The van der Waals surface area contributed by atoms with E-state index in [2.05, 4.69) is 5.32 Å². The Labute approximate surface area is 93.6 Å². The number of likely N-dealkylation sites (N-methyl/N-ethyl adjacent to an activating group) is 1. The highest BCUT2D eigenvalue weighted by atomic mass is 19.1. The van der Waals surface area contributed by atoms with Crippen LogP contribution < -0.4 is 5.32 Å². The van der Waals surface area contributed by atoms with E-state index in [1.165, 1.54) is 24.3 Å². The Morgan fingerprint density at radius 2 is 2.06 bits per heavy atom. The molecular formula is C12H14FNO2. The summed E-state index contributed by atoms with van der Waals surface area (Å²) in [4.78, 5) is 12.1. The first-order chi connectivity index (χ1) is 7.72. The Bertz CT molecular complexity index is 377. The average Bonchev–Trinajstić information content (AvgIpc) is 2.77. The molecule has 0 saturated carbocycles. The fourth-order valence-electron chi connectivity index (χ4n) is 1.93. The van der Waals surface area contributed by atoms with E-state index in [0.29, 0.717) is 18.8 Å². The molecule has 16 heavy (non-hydrogen) atoms. The molecule has 86 valence electrons. The van der Waals surface area contributed by atoms with Crippen molar-refractivity contribution in [2.24, 2.45) is 5.92 Å². The molecule has 0 radical (unpaired) electrons. The number of Topliss-reactive ketones (excluding diaryl/α,β-unsaturated/α-hetero) is 1. The number of rotatable bonds is 3. The molecule has 1 aromatic rings. The molecule has 1 aliphatic heterocycles. The number of hydrogen-bond acceptors (Lipinski definition) is 3. The number of nitrogens with one attached hydrogen (secondary N) is 1. The smallest absolute Gasteiger partial charge is 0.169 e. The van der Waals surface area contributed by atoms with Gasteiger partial charge in [-0.25, -0.2) is 4.39 Å². The SMILES string of the molecule is CNC1COCC1C(=O)c1ccc(F)cc1. The lowest BCUT2D eigenvalue weighted by Gasteiger charge is -2.15. The monoisotopic (exact) mass is 223 g/mol. The van der Waals surface area contributed by atoms with Crippen molar-refractivity contribution < 1.29 is 13.9 Å². The molecule has 4 heteroatoms. The number of carbonyl (C=O) groups is 1. The Hall–Kier alpha value is -1.26. The standard InChI is InChI=1S/C12H14FNO2/c1-14-11-7-16-6-10(11)12(15)8-2-4-9(13)5-3-8/h2-5,10-11,14H,6-7H2,1H3. The highest BCUT2D eigenvalue weighted by Crippen LogP contribution is 2.19. The Kier molecular flexibility index (Phi) is 3.31. The Balaban J connectivity index is 2.15. The molecule has 2 rings (SSSR count). The molecular weight excluding hydrogens is 209 g/mol. The van der Waals surface area contributed by atoms with Gasteiger partial charge in [-0.05, 0) is 31.3 Å². The zero-order valence-electron chi connectivity index (χ0n) is 9.07. The van der Waals surface area contributed by atoms with Crippen LogP contribution in [0.2, 0.25) is 0 Å². The molecule has 1 N–H and O–H groups in total. The van der Waals surface area contributed by atoms with Gasteiger partial charge in [0.1, 0.15) is 5.82 Å². The fourth-order valence-corrected chi connectivity index (χ4v) is 1.93. The summed E-state index contributed by atoms with van der Waals surface area (Å²) in [5.74, 6) is -0.489. The number of ether oxygens (including phenoxy) is 1. The Morgan fingerprint density at radius 1 is 1.38 bits per heavy atom. The molecule has 1 aliphatic rings. The third-order valence-electron chi connectivity index (χ3n) is 2.92. The van der Waals surface area contributed by atoms with Crippen molar-refractivity contribution in [1.29, 1.82) is 0 Å². The molecule has 0 amide bonds. The van der Waals surface area contributed by atoms with Crippen LogP contribution >= 0.6 is 0 Å². The van der Waals surface area contributed by atoms with Crippen LogP contribution in [0.4, 0.5) is 4.39 Å². The topological polar surface area (TPSA) is 38.3 Å². The molecule has 2 atom stereocenters. The molecule has 0 spiro atoms. The van der Waals surface area contributed by atoms with Gasteiger partial charge in [0.2, 0.25) is 0 Å². The van der Waals surface area contributed by atoms with E-state index in [-0.39, 0.29) is 23.6 Å². The van der Waals surface area contributed by atoms with Gasteiger partial charge in [0.25, 0.3) is 0 Å². The maximum Gasteiger partial charge on any atom is 0.169 e.